The summed E-state index contributed by atoms with van der Waals surface area (Å²) in [5.74, 6) is -0.357. The van der Waals surface area contributed by atoms with Crippen LogP contribution in [0, 0.1) is 12.8 Å². The normalized spacial score (nSPS) is 19.1. The highest BCUT2D eigenvalue weighted by atomic mass is 79.9. The largest absolute Gasteiger partial charge is 0.336 e. The number of fused-ring (bicyclic) bond motifs is 4. The molecule has 2 amide bonds. The Morgan fingerprint density at radius 1 is 1.09 bits per heavy atom. The van der Waals surface area contributed by atoms with E-state index in [4.69, 9.17) is 0 Å². The molecule has 1 N–H and O–H groups in total. The van der Waals surface area contributed by atoms with Gasteiger partial charge in [0.25, 0.3) is 17.4 Å². The molecule has 2 aliphatic heterocycles. The molecule has 2 aromatic heterocycles. The van der Waals surface area contributed by atoms with Crippen molar-refractivity contribution in [3.05, 3.63) is 104 Å². The molecule has 4 heterocycles. The molecule has 1 aromatic carbocycles. The van der Waals surface area contributed by atoms with E-state index in [0.29, 0.717) is 29.7 Å². The number of piperidine rings is 1. The Kier molecular flexibility index (Phi) is 6.38. The van der Waals surface area contributed by atoms with Crippen molar-refractivity contribution in [3.8, 4) is 0 Å². The number of carbonyl (C=O) groups excluding carboxylic acids is 2. The van der Waals surface area contributed by atoms with Gasteiger partial charge in [-0.3, -0.25) is 19.4 Å². The number of amides is 2. The molecule has 8 heteroatoms. The summed E-state index contributed by atoms with van der Waals surface area (Å²) in [6, 6.07) is 14.8. The number of rotatable bonds is 4. The first-order chi connectivity index (χ1) is 16.9. The topological polar surface area (TPSA) is 84.3 Å². The standard InChI is InChI=1S/C27H25BrN4O3/c1-17-5-7-18(8-6-17)10-23(30-26(34)20-11-22(28)13-29-12-20)27(35)31-14-19-9-21(16-31)24-3-2-4-25(33)32(24)15-19/h2-8,10-13,19,21H,9,14-16H2,1H3,(H,30,34)/b23-10-/t19-,21+/m1/s1. The van der Waals surface area contributed by atoms with Crippen LogP contribution < -0.4 is 10.9 Å². The van der Waals surface area contributed by atoms with Crippen molar-refractivity contribution in [1.29, 1.82) is 0 Å². The summed E-state index contributed by atoms with van der Waals surface area (Å²) >= 11 is 3.34. The van der Waals surface area contributed by atoms with Crippen molar-refractivity contribution in [1.82, 2.24) is 19.8 Å². The molecule has 2 atom stereocenters. The molecular weight excluding hydrogens is 508 g/mol. The monoisotopic (exact) mass is 532 g/mol. The zero-order valence-electron chi connectivity index (χ0n) is 19.3. The van der Waals surface area contributed by atoms with Crippen LogP contribution in [-0.4, -0.2) is 39.4 Å². The second kappa shape index (κ2) is 9.62. The molecule has 35 heavy (non-hydrogen) atoms. The molecule has 1 fully saturated rings. The van der Waals surface area contributed by atoms with Gasteiger partial charge in [0.1, 0.15) is 5.70 Å². The van der Waals surface area contributed by atoms with Gasteiger partial charge in [-0.15, -0.1) is 0 Å². The van der Waals surface area contributed by atoms with E-state index in [1.54, 1.807) is 35.4 Å². The van der Waals surface area contributed by atoms with Crippen molar-refractivity contribution in [2.45, 2.75) is 25.8 Å². The molecule has 2 aliphatic rings. The number of aromatic nitrogens is 2. The molecular formula is C27H25BrN4O3. The SMILES string of the molecule is Cc1ccc(/C=C(\NC(=O)c2cncc(Br)c2)C(=O)N2C[C@H]3C[C@@H](C2)c2cccc(=O)n2C3)cc1. The fourth-order valence-electron chi connectivity index (χ4n) is 4.94. The third-order valence-corrected chi connectivity index (χ3v) is 7.03. The summed E-state index contributed by atoms with van der Waals surface area (Å²) in [6.45, 7) is 3.63. The maximum atomic E-state index is 13.8. The van der Waals surface area contributed by atoms with E-state index in [1.807, 2.05) is 41.8 Å². The smallest absolute Gasteiger partial charge is 0.270 e. The van der Waals surface area contributed by atoms with Gasteiger partial charge in [-0.25, -0.2) is 0 Å². The lowest BCUT2D eigenvalue weighted by molar-refractivity contribution is -0.130. The number of halogens is 1. The van der Waals surface area contributed by atoms with Crippen molar-refractivity contribution in [2.75, 3.05) is 13.1 Å². The van der Waals surface area contributed by atoms with E-state index in [1.165, 1.54) is 6.20 Å². The minimum Gasteiger partial charge on any atom is -0.336 e. The Labute approximate surface area is 211 Å². The zero-order valence-corrected chi connectivity index (χ0v) is 20.9. The molecule has 178 valence electrons. The third kappa shape index (κ3) is 4.98. The van der Waals surface area contributed by atoms with E-state index in [2.05, 4.69) is 26.2 Å². The van der Waals surface area contributed by atoms with Gasteiger partial charge in [-0.1, -0.05) is 35.9 Å². The predicted molar refractivity (Wildman–Crippen MR) is 137 cm³/mol. The molecule has 0 unspecified atom stereocenters. The number of hydrogen-bond donors (Lipinski definition) is 1. The van der Waals surface area contributed by atoms with Crippen LogP contribution >= 0.6 is 15.9 Å². The van der Waals surface area contributed by atoms with Crippen LogP contribution in [0.3, 0.4) is 0 Å². The minimum atomic E-state index is -0.403. The first-order valence-corrected chi connectivity index (χ1v) is 12.4. The summed E-state index contributed by atoms with van der Waals surface area (Å²) in [7, 11) is 0. The van der Waals surface area contributed by atoms with Crippen molar-refractivity contribution < 1.29 is 9.59 Å². The number of hydrogen-bond acceptors (Lipinski definition) is 4. The summed E-state index contributed by atoms with van der Waals surface area (Å²) in [5, 5.41) is 2.83. The van der Waals surface area contributed by atoms with Crippen LogP contribution in [0.15, 0.2) is 75.9 Å². The van der Waals surface area contributed by atoms with Crippen molar-refractivity contribution >= 4 is 33.8 Å². The lowest BCUT2D eigenvalue weighted by Gasteiger charge is -2.43. The Balaban J connectivity index is 1.44. The second-order valence-corrected chi connectivity index (χ2v) is 10.1. The van der Waals surface area contributed by atoms with Crippen molar-refractivity contribution in [3.63, 3.8) is 0 Å². The van der Waals surface area contributed by atoms with Gasteiger partial charge in [0.15, 0.2) is 0 Å². The molecule has 0 radical (unpaired) electrons. The van der Waals surface area contributed by atoms with Gasteiger partial charge in [-0.2, -0.15) is 0 Å². The highest BCUT2D eigenvalue weighted by Crippen LogP contribution is 2.35. The molecule has 7 nitrogen and oxygen atoms in total. The molecule has 5 rings (SSSR count). The number of carbonyl (C=O) groups is 2. The maximum absolute atomic E-state index is 13.8. The fraction of sp³-hybridized carbons (Fsp3) is 0.259. The van der Waals surface area contributed by atoms with Gasteiger partial charge < -0.3 is 14.8 Å². The second-order valence-electron chi connectivity index (χ2n) is 9.22. The highest BCUT2D eigenvalue weighted by Gasteiger charge is 2.37. The van der Waals surface area contributed by atoms with E-state index in [9.17, 15) is 14.4 Å². The zero-order chi connectivity index (χ0) is 24.5. The van der Waals surface area contributed by atoms with Crippen LogP contribution in [0.1, 0.15) is 39.5 Å². The molecule has 0 saturated carbocycles. The molecule has 0 spiro atoms. The van der Waals surface area contributed by atoms with Gasteiger partial charge >= 0.3 is 0 Å². The van der Waals surface area contributed by atoms with E-state index >= 15 is 0 Å². The van der Waals surface area contributed by atoms with E-state index in [-0.39, 0.29) is 29.0 Å². The van der Waals surface area contributed by atoms with Gasteiger partial charge in [-0.05, 0) is 59.0 Å². The average molecular weight is 533 g/mol. The number of nitrogens with one attached hydrogen (secondary N) is 1. The Morgan fingerprint density at radius 2 is 1.89 bits per heavy atom. The van der Waals surface area contributed by atoms with Crippen LogP contribution in [0.25, 0.3) is 6.08 Å². The fourth-order valence-corrected chi connectivity index (χ4v) is 5.31. The summed E-state index contributed by atoms with van der Waals surface area (Å²) < 4.78 is 2.52. The predicted octanol–water partition coefficient (Wildman–Crippen LogP) is 3.73. The molecule has 0 aliphatic carbocycles. The summed E-state index contributed by atoms with van der Waals surface area (Å²) in [4.78, 5) is 45.0. The van der Waals surface area contributed by atoms with Gasteiger partial charge in [0.2, 0.25) is 0 Å². The quantitative estimate of drug-likeness (QED) is 0.519. The average Bonchev–Trinajstić information content (AvgIpc) is 2.85. The van der Waals surface area contributed by atoms with E-state index in [0.717, 1.165) is 23.2 Å². The van der Waals surface area contributed by atoms with E-state index < -0.39 is 5.91 Å². The lowest BCUT2D eigenvalue weighted by Crippen LogP contribution is -2.50. The Hall–Kier alpha value is -3.52. The van der Waals surface area contributed by atoms with Gasteiger partial charge in [0.05, 0.1) is 5.56 Å². The Morgan fingerprint density at radius 3 is 2.66 bits per heavy atom. The summed E-state index contributed by atoms with van der Waals surface area (Å²) in [5.41, 5.74) is 3.47. The first-order valence-electron chi connectivity index (χ1n) is 11.6. The minimum absolute atomic E-state index is 0.00632. The number of pyridine rings is 2. The molecule has 2 bridgehead atoms. The van der Waals surface area contributed by atoms with Gasteiger partial charge in [0, 0.05) is 54.2 Å². The van der Waals surface area contributed by atoms with Crippen LogP contribution in [0.5, 0.6) is 0 Å². The third-order valence-electron chi connectivity index (χ3n) is 6.60. The van der Waals surface area contributed by atoms with Crippen LogP contribution in [0.2, 0.25) is 0 Å². The highest BCUT2D eigenvalue weighted by molar-refractivity contribution is 9.10. The lowest BCUT2D eigenvalue weighted by atomic mass is 9.83. The maximum Gasteiger partial charge on any atom is 0.270 e. The molecule has 1 saturated heterocycles. The summed E-state index contributed by atoms with van der Waals surface area (Å²) in [6.07, 6.45) is 5.73. The van der Waals surface area contributed by atoms with Crippen LogP contribution in [0.4, 0.5) is 0 Å². The first kappa shape index (κ1) is 23.2. The number of aryl methyl sites for hydroxylation is 1. The van der Waals surface area contributed by atoms with Crippen molar-refractivity contribution in [2.24, 2.45) is 5.92 Å². The number of likely N-dealkylation sites (tertiary alicyclic amines) is 1. The number of benzene rings is 1. The number of nitrogens with zero attached hydrogens (tertiary/aromatic N) is 3. The van der Waals surface area contributed by atoms with Crippen LogP contribution in [-0.2, 0) is 11.3 Å². The molecule has 3 aromatic rings. The Bertz CT molecular complexity index is 1380.